The topological polar surface area (TPSA) is 96.6 Å². The molecule has 0 unspecified atom stereocenters. The molecule has 0 aliphatic carbocycles. The van der Waals surface area contributed by atoms with Crippen molar-refractivity contribution >= 4 is 15.9 Å². The second-order valence-electron chi connectivity index (χ2n) is 6.03. The second kappa shape index (κ2) is 6.93. The molecule has 1 amide bonds. The van der Waals surface area contributed by atoms with Gasteiger partial charge in [-0.3, -0.25) is 4.79 Å². The molecular weight excluding hydrogens is 389 g/mol. The van der Waals surface area contributed by atoms with Gasteiger partial charge in [0.15, 0.2) is 0 Å². The first kappa shape index (κ1) is 19.3. The molecule has 1 aliphatic heterocycles. The van der Waals surface area contributed by atoms with Gasteiger partial charge in [-0.05, 0) is 5.56 Å². The maximum atomic E-state index is 12.5. The van der Waals surface area contributed by atoms with Crippen molar-refractivity contribution in [2.75, 3.05) is 25.9 Å². The number of aromatic nitrogens is 2. The molecule has 1 aromatic heterocycles. The summed E-state index contributed by atoms with van der Waals surface area (Å²) < 4.78 is 65.8. The lowest BCUT2D eigenvalue weighted by atomic mass is 10.1. The van der Waals surface area contributed by atoms with Gasteiger partial charge in [0.2, 0.25) is 21.8 Å². The number of hydrogen-bond donors (Lipinski definition) is 0. The zero-order chi connectivity index (χ0) is 19.8. The number of alkyl halides is 3. The van der Waals surface area contributed by atoms with Crippen LogP contribution in [0, 0.1) is 0 Å². The maximum Gasteiger partial charge on any atom is 0.471 e. The molecule has 12 heteroatoms. The highest BCUT2D eigenvalue weighted by Gasteiger charge is 2.38. The van der Waals surface area contributed by atoms with Crippen LogP contribution in [0.25, 0.3) is 11.4 Å². The molecule has 0 saturated carbocycles. The van der Waals surface area contributed by atoms with Crippen LogP contribution in [0.1, 0.15) is 11.5 Å². The first-order valence-corrected chi connectivity index (χ1v) is 9.62. The number of halogens is 3. The van der Waals surface area contributed by atoms with Gasteiger partial charge in [-0.2, -0.15) is 22.5 Å². The molecule has 0 spiro atoms. The van der Waals surface area contributed by atoms with Crippen molar-refractivity contribution in [2.45, 2.75) is 12.7 Å². The normalized spacial score (nSPS) is 16.7. The average molecular weight is 404 g/mol. The summed E-state index contributed by atoms with van der Waals surface area (Å²) in [5.41, 5.74) is 1.07. The van der Waals surface area contributed by atoms with E-state index in [1.165, 1.54) is 17.0 Å². The van der Waals surface area contributed by atoms with Crippen LogP contribution in [0.15, 0.2) is 28.8 Å². The van der Waals surface area contributed by atoms with Gasteiger partial charge in [-0.25, -0.2) is 8.42 Å². The summed E-state index contributed by atoms with van der Waals surface area (Å²) in [6, 6.07) is 6.32. The quantitative estimate of drug-likeness (QED) is 0.764. The van der Waals surface area contributed by atoms with E-state index in [0.717, 1.165) is 16.1 Å². The molecule has 3 rings (SSSR count). The van der Waals surface area contributed by atoms with Gasteiger partial charge in [-0.1, -0.05) is 29.4 Å². The molecule has 1 fully saturated rings. The standard InChI is InChI=1S/C15H15F3N4O4S/c1-27(24,25)22-7-6-21(12(23)9-22)8-10-2-4-11(5-3-10)13-19-14(26-20-13)15(16,17)18/h2-5H,6-9H2,1H3. The summed E-state index contributed by atoms with van der Waals surface area (Å²) in [4.78, 5) is 17.0. The van der Waals surface area contributed by atoms with Gasteiger partial charge in [0, 0.05) is 25.2 Å². The Morgan fingerprint density at radius 3 is 2.37 bits per heavy atom. The first-order valence-electron chi connectivity index (χ1n) is 7.77. The van der Waals surface area contributed by atoms with Crippen LogP contribution < -0.4 is 0 Å². The Morgan fingerprint density at radius 1 is 1.19 bits per heavy atom. The fourth-order valence-electron chi connectivity index (χ4n) is 2.57. The van der Waals surface area contributed by atoms with Gasteiger partial charge >= 0.3 is 12.1 Å². The van der Waals surface area contributed by atoms with E-state index in [-0.39, 0.29) is 37.9 Å². The minimum Gasteiger partial charge on any atom is -0.336 e. The minimum atomic E-state index is -4.71. The monoisotopic (exact) mass is 404 g/mol. The van der Waals surface area contributed by atoms with Crippen molar-refractivity contribution in [3.8, 4) is 11.4 Å². The zero-order valence-corrected chi connectivity index (χ0v) is 14.9. The largest absolute Gasteiger partial charge is 0.471 e. The number of hydrogen-bond acceptors (Lipinski definition) is 6. The second-order valence-corrected chi connectivity index (χ2v) is 8.01. The molecule has 146 valence electrons. The summed E-state index contributed by atoms with van der Waals surface area (Å²) in [7, 11) is -3.42. The highest BCUT2D eigenvalue weighted by molar-refractivity contribution is 7.88. The van der Waals surface area contributed by atoms with Gasteiger partial charge in [0.25, 0.3) is 0 Å². The Labute approximate surface area is 152 Å². The van der Waals surface area contributed by atoms with Crippen LogP contribution >= 0.6 is 0 Å². The molecule has 0 atom stereocenters. The van der Waals surface area contributed by atoms with Crippen LogP contribution in [0.4, 0.5) is 13.2 Å². The average Bonchev–Trinajstić information content (AvgIpc) is 3.07. The van der Waals surface area contributed by atoms with Crippen molar-refractivity contribution < 1.29 is 30.9 Å². The third-order valence-corrected chi connectivity index (χ3v) is 5.26. The molecular formula is C15H15F3N4O4S. The van der Waals surface area contributed by atoms with E-state index in [1.54, 1.807) is 12.1 Å². The molecule has 1 aromatic carbocycles. The number of benzene rings is 1. The number of nitrogens with zero attached hydrogens (tertiary/aromatic N) is 4. The molecule has 0 bridgehead atoms. The number of sulfonamides is 1. The zero-order valence-electron chi connectivity index (χ0n) is 14.1. The Balaban J connectivity index is 1.66. The van der Waals surface area contributed by atoms with E-state index >= 15 is 0 Å². The number of piperazine rings is 1. The van der Waals surface area contributed by atoms with E-state index in [2.05, 4.69) is 14.7 Å². The van der Waals surface area contributed by atoms with Crippen molar-refractivity contribution in [3.63, 3.8) is 0 Å². The van der Waals surface area contributed by atoms with Crippen LogP contribution in [0.5, 0.6) is 0 Å². The summed E-state index contributed by atoms with van der Waals surface area (Å²) in [6.45, 7) is 0.524. The SMILES string of the molecule is CS(=O)(=O)N1CCN(Cc2ccc(-c3noc(C(F)(F)F)n3)cc2)C(=O)C1. The van der Waals surface area contributed by atoms with Crippen molar-refractivity contribution in [2.24, 2.45) is 0 Å². The fourth-order valence-corrected chi connectivity index (χ4v) is 3.33. The molecule has 0 N–H and O–H groups in total. The lowest BCUT2D eigenvalue weighted by molar-refractivity contribution is -0.159. The van der Waals surface area contributed by atoms with Crippen molar-refractivity contribution in [1.29, 1.82) is 0 Å². The van der Waals surface area contributed by atoms with Crippen LogP contribution in [0.3, 0.4) is 0 Å². The van der Waals surface area contributed by atoms with Gasteiger partial charge in [0.1, 0.15) is 0 Å². The number of carbonyl (C=O) groups excluding carboxylic acids is 1. The Bertz CT molecular complexity index is 941. The van der Waals surface area contributed by atoms with Gasteiger partial charge < -0.3 is 9.42 Å². The van der Waals surface area contributed by atoms with E-state index < -0.39 is 22.1 Å². The smallest absolute Gasteiger partial charge is 0.336 e. The lowest BCUT2D eigenvalue weighted by Crippen LogP contribution is -2.51. The van der Waals surface area contributed by atoms with E-state index in [0.29, 0.717) is 5.56 Å². The van der Waals surface area contributed by atoms with Crippen LogP contribution in [0.2, 0.25) is 0 Å². The predicted octanol–water partition coefficient (Wildman–Crippen LogP) is 1.36. The summed E-state index contributed by atoms with van der Waals surface area (Å²) in [5, 5.41) is 3.31. The molecule has 1 saturated heterocycles. The summed E-state index contributed by atoms with van der Waals surface area (Å²) >= 11 is 0. The molecule has 2 aromatic rings. The van der Waals surface area contributed by atoms with Gasteiger partial charge in [-0.15, -0.1) is 0 Å². The number of rotatable bonds is 4. The number of amides is 1. The molecule has 0 radical (unpaired) electrons. The van der Waals surface area contributed by atoms with Crippen molar-refractivity contribution in [3.05, 3.63) is 35.7 Å². The Morgan fingerprint density at radius 2 is 1.85 bits per heavy atom. The predicted molar refractivity (Wildman–Crippen MR) is 86.6 cm³/mol. The fraction of sp³-hybridized carbons (Fsp3) is 0.400. The summed E-state index contributed by atoms with van der Waals surface area (Å²) in [5.74, 6) is -1.92. The Hall–Kier alpha value is -2.47. The first-order chi connectivity index (χ1) is 12.5. The number of carbonyl (C=O) groups is 1. The van der Waals surface area contributed by atoms with Crippen LogP contribution in [-0.4, -0.2) is 59.6 Å². The van der Waals surface area contributed by atoms with E-state index in [1.807, 2.05) is 0 Å². The van der Waals surface area contributed by atoms with Crippen molar-refractivity contribution in [1.82, 2.24) is 19.3 Å². The minimum absolute atomic E-state index is 0.188. The third kappa shape index (κ3) is 4.45. The van der Waals surface area contributed by atoms with E-state index in [4.69, 9.17) is 0 Å². The molecule has 2 heterocycles. The molecule has 27 heavy (non-hydrogen) atoms. The highest BCUT2D eigenvalue weighted by atomic mass is 32.2. The highest BCUT2D eigenvalue weighted by Crippen LogP contribution is 2.29. The maximum absolute atomic E-state index is 12.5. The molecule has 8 nitrogen and oxygen atoms in total. The van der Waals surface area contributed by atoms with Gasteiger partial charge in [0.05, 0.1) is 12.8 Å². The Kier molecular flexibility index (Phi) is 4.95. The van der Waals surface area contributed by atoms with E-state index in [9.17, 15) is 26.4 Å². The summed E-state index contributed by atoms with van der Waals surface area (Å²) in [6.07, 6.45) is -3.66. The lowest BCUT2D eigenvalue weighted by Gasteiger charge is -2.33. The molecule has 1 aliphatic rings. The third-order valence-electron chi connectivity index (χ3n) is 4.01. The van der Waals surface area contributed by atoms with Crippen LogP contribution in [-0.2, 0) is 27.5 Å².